The minimum Gasteiger partial charge on any atom is -0.438 e. The lowest BCUT2D eigenvalue weighted by Crippen LogP contribution is -2.68. The van der Waals surface area contributed by atoms with E-state index < -0.39 is 8.32 Å². The molecule has 0 bridgehead atoms. The molecule has 134 valence electrons. The van der Waals surface area contributed by atoms with Crippen molar-refractivity contribution in [1.29, 1.82) is 5.26 Å². The van der Waals surface area contributed by atoms with Crippen LogP contribution in [-0.4, -0.2) is 14.5 Å². The quantitative estimate of drug-likeness (QED) is 0.277. The molecule has 3 aromatic rings. The van der Waals surface area contributed by atoms with Crippen molar-refractivity contribution in [3.05, 3.63) is 91.0 Å². The van der Waals surface area contributed by atoms with Crippen LogP contribution in [0.4, 0.5) is 0 Å². The molecule has 0 aromatic heterocycles. The third-order valence-electron chi connectivity index (χ3n) is 4.48. The van der Waals surface area contributed by atoms with Crippen molar-refractivity contribution in [1.82, 2.24) is 0 Å². The Bertz CT molecular complexity index is 809. The summed E-state index contributed by atoms with van der Waals surface area (Å²) >= 11 is 0. The topological polar surface area (TPSA) is 45.4 Å². The van der Waals surface area contributed by atoms with E-state index in [0.717, 1.165) is 15.6 Å². The third-order valence-corrected chi connectivity index (χ3v) is 8.30. The first-order valence-corrected chi connectivity index (χ1v) is 10.9. The van der Waals surface area contributed by atoms with Gasteiger partial charge in [0.25, 0.3) is 0 Å². The highest BCUT2D eigenvalue weighted by Crippen LogP contribution is 2.10. The zero-order valence-electron chi connectivity index (χ0n) is 15.3. The van der Waals surface area contributed by atoms with Gasteiger partial charge in [0, 0.05) is 18.6 Å². The number of benzene rings is 3. The zero-order chi connectivity index (χ0) is 19.0. The molecule has 1 atom stereocenters. The van der Waals surface area contributed by atoms with E-state index in [1.165, 1.54) is 0 Å². The number of rotatable bonds is 7. The first-order chi connectivity index (χ1) is 13.3. The Morgan fingerprint density at radius 3 is 1.63 bits per heavy atom. The van der Waals surface area contributed by atoms with Gasteiger partial charge in [0.1, 0.15) is 0 Å². The average Bonchev–Trinajstić information content (AvgIpc) is 2.75. The second-order valence-electron chi connectivity index (χ2n) is 6.42. The Morgan fingerprint density at radius 1 is 0.852 bits per heavy atom. The summed E-state index contributed by atoms with van der Waals surface area (Å²) in [7, 11) is -2.79. The summed E-state index contributed by atoms with van der Waals surface area (Å²) in [5, 5.41) is 16.7. The number of nitriles is 1. The minimum atomic E-state index is -2.79. The molecule has 0 amide bonds. The molecule has 4 heteroatoms. The lowest BCUT2D eigenvalue weighted by atomic mass is 10.1. The largest absolute Gasteiger partial charge is 0.438 e. The molecule has 0 radical (unpaired) electrons. The second kappa shape index (κ2) is 8.97. The molecule has 1 unspecified atom stereocenters. The Balaban J connectivity index is 2.13. The van der Waals surface area contributed by atoms with Crippen molar-refractivity contribution in [3.8, 4) is 6.07 Å². The number of hydrogen-bond donors (Lipinski definition) is 0. The minimum absolute atomic E-state index is 0.0846. The van der Waals surface area contributed by atoms with E-state index in [0.29, 0.717) is 6.42 Å². The molecule has 0 aliphatic carbocycles. The summed E-state index contributed by atoms with van der Waals surface area (Å²) in [6, 6.07) is 33.1. The van der Waals surface area contributed by atoms with Crippen molar-refractivity contribution >= 4 is 30.1 Å². The normalized spacial score (nSPS) is 12.4. The monoisotopic (exact) mass is 370 g/mol. The van der Waals surface area contributed by atoms with Gasteiger partial charge < -0.3 is 4.53 Å². The van der Waals surface area contributed by atoms with Gasteiger partial charge in [-0.1, -0.05) is 91.0 Å². The van der Waals surface area contributed by atoms with Crippen LogP contribution in [0.2, 0.25) is 0 Å². The average molecular weight is 371 g/mol. The Hall–Kier alpha value is -3.16. The van der Waals surface area contributed by atoms with Gasteiger partial charge in [-0.15, -0.1) is 5.16 Å². The smallest absolute Gasteiger partial charge is 0.380 e. The fourth-order valence-corrected chi connectivity index (χ4v) is 6.58. The molecule has 0 saturated carbocycles. The Labute approximate surface area is 161 Å². The van der Waals surface area contributed by atoms with Gasteiger partial charge in [-0.2, -0.15) is 5.26 Å². The summed E-state index contributed by atoms with van der Waals surface area (Å²) in [5.74, 6) is -0.0846. The molecule has 3 rings (SSSR count). The maximum Gasteiger partial charge on any atom is 0.380 e. The first-order valence-electron chi connectivity index (χ1n) is 9.03. The summed E-state index contributed by atoms with van der Waals surface area (Å²) in [5.41, 5.74) is 0. The second-order valence-corrected chi connectivity index (χ2v) is 9.70. The van der Waals surface area contributed by atoms with E-state index in [4.69, 9.17) is 9.79 Å². The molecule has 0 aliphatic rings. The summed E-state index contributed by atoms with van der Waals surface area (Å²) in [4.78, 5) is 0. The van der Waals surface area contributed by atoms with Gasteiger partial charge in [-0.05, 0) is 22.5 Å². The van der Waals surface area contributed by atoms with Crippen molar-refractivity contribution < 1.29 is 4.53 Å². The molecule has 3 aromatic carbocycles. The molecule has 0 aliphatic heterocycles. The van der Waals surface area contributed by atoms with Gasteiger partial charge in [-0.3, -0.25) is 0 Å². The third kappa shape index (κ3) is 4.16. The fourth-order valence-electron chi connectivity index (χ4n) is 3.05. The van der Waals surface area contributed by atoms with Gasteiger partial charge >= 0.3 is 8.32 Å². The van der Waals surface area contributed by atoms with Gasteiger partial charge in [0.05, 0.1) is 6.07 Å². The van der Waals surface area contributed by atoms with E-state index in [-0.39, 0.29) is 5.92 Å². The number of nitrogens with zero attached hydrogens (tertiary/aromatic N) is 2. The molecule has 0 saturated heterocycles. The highest BCUT2D eigenvalue weighted by Gasteiger charge is 2.44. The van der Waals surface area contributed by atoms with Gasteiger partial charge in [0.15, 0.2) is 0 Å². The van der Waals surface area contributed by atoms with Crippen LogP contribution in [0.5, 0.6) is 0 Å². The van der Waals surface area contributed by atoms with Crippen LogP contribution in [0, 0.1) is 17.2 Å². The molecule has 3 nitrogen and oxygen atoms in total. The van der Waals surface area contributed by atoms with Crippen LogP contribution in [0.1, 0.15) is 13.3 Å². The predicted molar refractivity (Wildman–Crippen MR) is 113 cm³/mol. The van der Waals surface area contributed by atoms with E-state index in [2.05, 4.69) is 47.6 Å². The van der Waals surface area contributed by atoms with Crippen molar-refractivity contribution in [2.45, 2.75) is 13.3 Å². The number of hydrogen-bond acceptors (Lipinski definition) is 3. The SMILES string of the molecule is CC(C#N)C/C=N/O[Si](c1ccccc1)(c1ccccc1)c1ccccc1. The standard InChI is InChI=1S/C23H22N2OSi/c1-20(19-24)17-18-25-26-27(21-11-5-2-6-12-21,22-13-7-3-8-14-22)23-15-9-4-10-16-23/h2-16,18,20H,17H2,1H3/b25-18+. The van der Waals surface area contributed by atoms with E-state index in [1.54, 1.807) is 6.21 Å². The van der Waals surface area contributed by atoms with Crippen molar-refractivity contribution in [2.24, 2.45) is 11.1 Å². The summed E-state index contributed by atoms with van der Waals surface area (Å²) in [6.45, 7) is 1.88. The van der Waals surface area contributed by atoms with E-state index in [1.807, 2.05) is 61.5 Å². The van der Waals surface area contributed by atoms with Gasteiger partial charge in [0.2, 0.25) is 0 Å². The summed E-state index contributed by atoms with van der Waals surface area (Å²) < 4.78 is 6.38. The predicted octanol–water partition coefficient (Wildman–Crippen LogP) is 3.21. The Kier molecular flexibility index (Phi) is 6.19. The van der Waals surface area contributed by atoms with Crippen LogP contribution in [0.15, 0.2) is 96.2 Å². The fraction of sp³-hybridized carbons (Fsp3) is 0.130. The highest BCUT2D eigenvalue weighted by molar-refractivity contribution is 7.07. The molecule has 27 heavy (non-hydrogen) atoms. The Morgan fingerprint density at radius 2 is 1.26 bits per heavy atom. The molecule has 0 heterocycles. The maximum atomic E-state index is 8.98. The molecular formula is C23H22N2OSi. The van der Waals surface area contributed by atoms with Crippen molar-refractivity contribution in [2.75, 3.05) is 0 Å². The first kappa shape index (κ1) is 18.6. The van der Waals surface area contributed by atoms with E-state index in [9.17, 15) is 0 Å². The van der Waals surface area contributed by atoms with Crippen LogP contribution < -0.4 is 15.6 Å². The van der Waals surface area contributed by atoms with Gasteiger partial charge in [-0.25, -0.2) is 0 Å². The van der Waals surface area contributed by atoms with E-state index >= 15 is 0 Å². The molecular weight excluding hydrogens is 348 g/mol. The highest BCUT2D eigenvalue weighted by atomic mass is 28.4. The zero-order valence-corrected chi connectivity index (χ0v) is 16.3. The molecule has 0 spiro atoms. The summed E-state index contributed by atoms with van der Waals surface area (Å²) in [6.07, 6.45) is 2.28. The maximum absolute atomic E-state index is 8.98. The molecule has 0 N–H and O–H groups in total. The van der Waals surface area contributed by atoms with Crippen molar-refractivity contribution in [3.63, 3.8) is 0 Å². The van der Waals surface area contributed by atoms with Crippen LogP contribution in [0.3, 0.4) is 0 Å². The number of oxime groups is 1. The van der Waals surface area contributed by atoms with Crippen LogP contribution in [0.25, 0.3) is 0 Å². The lowest BCUT2D eigenvalue weighted by molar-refractivity contribution is 0.349. The van der Waals surface area contributed by atoms with Crippen LogP contribution in [-0.2, 0) is 4.53 Å². The van der Waals surface area contributed by atoms with Crippen LogP contribution >= 0.6 is 0 Å². The lowest BCUT2D eigenvalue weighted by Gasteiger charge is -2.30. The molecule has 0 fully saturated rings.